The molecule has 21 heavy (non-hydrogen) atoms. The monoisotopic (exact) mass is 342 g/mol. The van der Waals surface area contributed by atoms with Gasteiger partial charge >= 0.3 is 0 Å². The molecule has 2 aromatic rings. The average molecular weight is 344 g/mol. The molecular formula is C14H13Cl3N4. The fourth-order valence-corrected chi connectivity index (χ4v) is 2.09. The Labute approximate surface area is 138 Å². The van der Waals surface area contributed by atoms with E-state index in [0.717, 1.165) is 11.3 Å². The molecule has 0 aliphatic heterocycles. The van der Waals surface area contributed by atoms with Crippen molar-refractivity contribution in [3.05, 3.63) is 51.1 Å². The molecule has 1 N–H and O–H groups in total. The van der Waals surface area contributed by atoms with Gasteiger partial charge < -0.3 is 4.90 Å². The van der Waals surface area contributed by atoms with Crippen molar-refractivity contribution < 1.29 is 0 Å². The fraction of sp³-hybridized carbons (Fsp3) is 0.143. The summed E-state index contributed by atoms with van der Waals surface area (Å²) in [5, 5.41) is 4.91. The van der Waals surface area contributed by atoms with Crippen LogP contribution < -0.4 is 10.3 Å². The molecule has 2 rings (SSSR count). The molecular weight excluding hydrogens is 331 g/mol. The molecule has 0 fully saturated rings. The van der Waals surface area contributed by atoms with Crippen molar-refractivity contribution in [1.82, 2.24) is 4.98 Å². The zero-order chi connectivity index (χ0) is 15.4. The van der Waals surface area contributed by atoms with Crippen molar-refractivity contribution >= 4 is 52.5 Å². The summed E-state index contributed by atoms with van der Waals surface area (Å²) in [5.41, 5.74) is 4.81. The molecule has 0 aliphatic rings. The Morgan fingerprint density at radius 3 is 2.38 bits per heavy atom. The van der Waals surface area contributed by atoms with Crippen LogP contribution in [0, 0.1) is 0 Å². The SMILES string of the molecule is CN(C)c1ccc(C=NNc2nc(Cl)c(Cl)cc2Cl)cc1. The Hall–Kier alpha value is -1.49. The number of anilines is 2. The van der Waals surface area contributed by atoms with Crippen molar-refractivity contribution in [3.63, 3.8) is 0 Å². The van der Waals surface area contributed by atoms with Crippen molar-refractivity contribution in [2.24, 2.45) is 5.10 Å². The van der Waals surface area contributed by atoms with Crippen LogP contribution >= 0.6 is 34.8 Å². The first-order chi connectivity index (χ1) is 9.97. The third-order valence-corrected chi connectivity index (χ3v) is 3.64. The van der Waals surface area contributed by atoms with E-state index in [9.17, 15) is 0 Å². The number of nitrogens with zero attached hydrogens (tertiary/aromatic N) is 3. The van der Waals surface area contributed by atoms with E-state index in [1.807, 2.05) is 43.3 Å². The summed E-state index contributed by atoms with van der Waals surface area (Å²) in [7, 11) is 3.98. The Morgan fingerprint density at radius 2 is 1.76 bits per heavy atom. The zero-order valence-electron chi connectivity index (χ0n) is 11.4. The quantitative estimate of drug-likeness (QED) is 0.503. The lowest BCUT2D eigenvalue weighted by Crippen LogP contribution is -2.08. The first-order valence-corrected chi connectivity index (χ1v) is 7.19. The van der Waals surface area contributed by atoms with Gasteiger partial charge in [-0.2, -0.15) is 5.10 Å². The van der Waals surface area contributed by atoms with E-state index < -0.39 is 0 Å². The number of aromatic nitrogens is 1. The van der Waals surface area contributed by atoms with Crippen LogP contribution in [0.2, 0.25) is 15.2 Å². The second-order valence-corrected chi connectivity index (χ2v) is 5.62. The standard InChI is InChI=1S/C14H13Cl3N4/c1-21(2)10-5-3-9(4-6-10)8-18-20-14-12(16)7-11(15)13(17)19-14/h3-8H,1-2H3,(H,19,20). The van der Waals surface area contributed by atoms with Gasteiger partial charge in [-0.05, 0) is 23.8 Å². The van der Waals surface area contributed by atoms with Gasteiger partial charge in [0.25, 0.3) is 0 Å². The molecule has 0 aliphatic carbocycles. The number of hydrogen-bond donors (Lipinski definition) is 1. The second kappa shape index (κ2) is 6.98. The highest BCUT2D eigenvalue weighted by Gasteiger charge is 2.06. The van der Waals surface area contributed by atoms with Crippen LogP contribution in [-0.2, 0) is 0 Å². The Morgan fingerprint density at radius 1 is 1.10 bits per heavy atom. The number of pyridine rings is 1. The van der Waals surface area contributed by atoms with Crippen LogP contribution in [0.1, 0.15) is 5.56 Å². The van der Waals surface area contributed by atoms with Crippen LogP contribution in [0.15, 0.2) is 35.4 Å². The Bertz CT molecular complexity index is 654. The van der Waals surface area contributed by atoms with Gasteiger partial charge in [-0.25, -0.2) is 4.98 Å². The molecule has 0 saturated heterocycles. The molecule has 0 atom stereocenters. The lowest BCUT2D eigenvalue weighted by atomic mass is 10.2. The number of nitrogens with one attached hydrogen (secondary N) is 1. The van der Waals surface area contributed by atoms with Crippen LogP contribution in [0.5, 0.6) is 0 Å². The first kappa shape index (κ1) is 15.9. The number of halogens is 3. The molecule has 0 radical (unpaired) electrons. The van der Waals surface area contributed by atoms with Crippen LogP contribution in [0.25, 0.3) is 0 Å². The van der Waals surface area contributed by atoms with Gasteiger partial charge in [0.2, 0.25) is 0 Å². The van der Waals surface area contributed by atoms with Crippen molar-refractivity contribution in [3.8, 4) is 0 Å². The van der Waals surface area contributed by atoms with E-state index in [-0.39, 0.29) is 5.15 Å². The largest absolute Gasteiger partial charge is 0.378 e. The van der Waals surface area contributed by atoms with E-state index in [0.29, 0.717) is 15.9 Å². The lowest BCUT2D eigenvalue weighted by Gasteiger charge is -2.11. The molecule has 0 spiro atoms. The number of hydrogen-bond acceptors (Lipinski definition) is 4. The summed E-state index contributed by atoms with van der Waals surface area (Å²) >= 11 is 17.6. The zero-order valence-corrected chi connectivity index (χ0v) is 13.7. The van der Waals surface area contributed by atoms with Gasteiger partial charge in [0.15, 0.2) is 5.82 Å². The minimum absolute atomic E-state index is 0.175. The highest BCUT2D eigenvalue weighted by molar-refractivity contribution is 6.42. The van der Waals surface area contributed by atoms with Crippen LogP contribution in [0.4, 0.5) is 11.5 Å². The summed E-state index contributed by atoms with van der Waals surface area (Å²) in [4.78, 5) is 6.04. The van der Waals surface area contributed by atoms with Gasteiger partial charge in [0, 0.05) is 19.8 Å². The average Bonchev–Trinajstić information content (AvgIpc) is 2.45. The second-order valence-electron chi connectivity index (χ2n) is 4.45. The summed E-state index contributed by atoms with van der Waals surface area (Å²) < 4.78 is 0. The lowest BCUT2D eigenvalue weighted by molar-refractivity contribution is 1.13. The molecule has 4 nitrogen and oxygen atoms in total. The third kappa shape index (κ3) is 4.24. The molecule has 7 heteroatoms. The van der Waals surface area contributed by atoms with E-state index in [1.54, 1.807) is 6.21 Å². The van der Waals surface area contributed by atoms with E-state index in [4.69, 9.17) is 34.8 Å². The molecule has 0 amide bonds. The predicted octanol–water partition coefficient (Wildman–Crippen LogP) is 4.55. The van der Waals surface area contributed by atoms with Crippen LogP contribution in [0.3, 0.4) is 0 Å². The molecule has 1 aromatic heterocycles. The number of benzene rings is 1. The molecule has 0 saturated carbocycles. The van der Waals surface area contributed by atoms with Gasteiger partial charge in [0.05, 0.1) is 16.3 Å². The smallest absolute Gasteiger partial charge is 0.166 e. The van der Waals surface area contributed by atoms with Crippen LogP contribution in [-0.4, -0.2) is 25.3 Å². The normalized spacial score (nSPS) is 10.9. The number of rotatable bonds is 4. The molecule has 1 heterocycles. The maximum Gasteiger partial charge on any atom is 0.166 e. The van der Waals surface area contributed by atoms with Crippen molar-refractivity contribution in [2.75, 3.05) is 24.4 Å². The third-order valence-electron chi connectivity index (χ3n) is 2.68. The van der Waals surface area contributed by atoms with Crippen molar-refractivity contribution in [2.45, 2.75) is 0 Å². The maximum atomic E-state index is 5.99. The number of hydrazone groups is 1. The minimum atomic E-state index is 0.175. The van der Waals surface area contributed by atoms with Crippen molar-refractivity contribution in [1.29, 1.82) is 0 Å². The molecule has 0 unspecified atom stereocenters. The van der Waals surface area contributed by atoms with Gasteiger partial charge in [-0.1, -0.05) is 46.9 Å². The van der Waals surface area contributed by atoms with Gasteiger partial charge in [-0.3, -0.25) is 5.43 Å². The topological polar surface area (TPSA) is 40.5 Å². The molecule has 1 aromatic carbocycles. The Balaban J connectivity index is 2.07. The summed E-state index contributed by atoms with van der Waals surface area (Å²) in [5.74, 6) is 0.354. The summed E-state index contributed by atoms with van der Waals surface area (Å²) in [6, 6.07) is 9.45. The predicted molar refractivity (Wildman–Crippen MR) is 91.3 cm³/mol. The molecule has 0 bridgehead atoms. The summed E-state index contributed by atoms with van der Waals surface area (Å²) in [6.45, 7) is 0. The van der Waals surface area contributed by atoms with Gasteiger partial charge in [-0.15, -0.1) is 0 Å². The van der Waals surface area contributed by atoms with E-state index in [1.165, 1.54) is 6.07 Å². The minimum Gasteiger partial charge on any atom is -0.378 e. The highest BCUT2D eigenvalue weighted by Crippen LogP contribution is 2.28. The van der Waals surface area contributed by atoms with Gasteiger partial charge in [0.1, 0.15) is 5.15 Å². The summed E-state index contributed by atoms with van der Waals surface area (Å²) in [6.07, 6.45) is 1.67. The first-order valence-electron chi connectivity index (χ1n) is 6.05. The maximum absolute atomic E-state index is 5.99. The van der Waals surface area contributed by atoms with E-state index in [2.05, 4.69) is 15.5 Å². The highest BCUT2D eigenvalue weighted by atomic mass is 35.5. The van der Waals surface area contributed by atoms with E-state index >= 15 is 0 Å². The fourth-order valence-electron chi connectivity index (χ4n) is 1.55. The molecule has 110 valence electrons. The Kier molecular flexibility index (Phi) is 5.28.